The Labute approximate surface area is 227 Å². The summed E-state index contributed by atoms with van der Waals surface area (Å²) in [5.74, 6) is -2.01. The number of alkyl halides is 3. The van der Waals surface area contributed by atoms with Crippen molar-refractivity contribution in [1.29, 1.82) is 5.26 Å². The summed E-state index contributed by atoms with van der Waals surface area (Å²) in [6, 6.07) is 5.19. The molecule has 11 nitrogen and oxygen atoms in total. The lowest BCUT2D eigenvalue weighted by Crippen LogP contribution is -2.50. The molecule has 210 valence electrons. The maximum atomic E-state index is 13.2. The molecule has 1 aliphatic carbocycles. The van der Waals surface area contributed by atoms with Gasteiger partial charge in [-0.3, -0.25) is 0 Å². The zero-order valence-electron chi connectivity index (χ0n) is 19.9. The molecule has 1 aromatic carbocycles. The maximum Gasteiger partial charge on any atom is 0.534 e. The summed E-state index contributed by atoms with van der Waals surface area (Å²) in [6.07, 6.45) is 3.18. The van der Waals surface area contributed by atoms with Crippen molar-refractivity contribution in [3.8, 4) is 17.7 Å². The van der Waals surface area contributed by atoms with Gasteiger partial charge in [-0.2, -0.15) is 36.1 Å². The van der Waals surface area contributed by atoms with Gasteiger partial charge in [0.25, 0.3) is 5.88 Å². The number of piperidine rings is 1. The molecule has 39 heavy (non-hydrogen) atoms. The van der Waals surface area contributed by atoms with Crippen molar-refractivity contribution in [2.75, 3.05) is 5.32 Å². The van der Waals surface area contributed by atoms with Crippen LogP contribution in [0.2, 0.25) is 5.02 Å². The zero-order chi connectivity index (χ0) is 28.2. The van der Waals surface area contributed by atoms with Gasteiger partial charge in [0.15, 0.2) is 5.82 Å². The number of aromatic nitrogens is 2. The number of nitriles is 1. The molecule has 3 atom stereocenters. The van der Waals surface area contributed by atoms with Crippen LogP contribution in [0.15, 0.2) is 24.5 Å². The second-order valence-electron chi connectivity index (χ2n) is 9.44. The van der Waals surface area contributed by atoms with Crippen LogP contribution < -0.4 is 14.2 Å². The minimum absolute atomic E-state index is 0.000535. The number of fused-ring (bicyclic) bond motifs is 2. The Morgan fingerprint density at radius 1 is 1.08 bits per heavy atom. The summed E-state index contributed by atoms with van der Waals surface area (Å²) < 4.78 is 101. The first-order valence-corrected chi connectivity index (χ1v) is 15.1. The average molecular weight is 608 g/mol. The molecular formula is C22H21ClF3N5O6S2. The Morgan fingerprint density at radius 3 is 2.31 bits per heavy atom. The molecule has 3 heterocycles. The van der Waals surface area contributed by atoms with Gasteiger partial charge in [-0.1, -0.05) is 11.6 Å². The number of halogens is 4. The number of anilines is 2. The van der Waals surface area contributed by atoms with Gasteiger partial charge >= 0.3 is 15.6 Å². The second kappa shape index (κ2) is 9.95. The van der Waals surface area contributed by atoms with E-state index in [1.807, 2.05) is 6.07 Å². The molecule has 2 aliphatic heterocycles. The molecule has 2 bridgehead atoms. The number of nitrogens with zero attached hydrogens (tertiary/aromatic N) is 4. The Balaban J connectivity index is 1.45. The van der Waals surface area contributed by atoms with E-state index in [1.165, 1.54) is 22.5 Å². The largest absolute Gasteiger partial charge is 0.534 e. The van der Waals surface area contributed by atoms with Gasteiger partial charge in [0.2, 0.25) is 15.8 Å². The molecule has 2 aromatic rings. The number of benzene rings is 1. The highest BCUT2D eigenvalue weighted by atomic mass is 35.5. The highest BCUT2D eigenvalue weighted by molar-refractivity contribution is 7.90. The smallest absolute Gasteiger partial charge is 0.471 e. The summed E-state index contributed by atoms with van der Waals surface area (Å²) >= 11 is 6.15. The Morgan fingerprint density at radius 2 is 1.74 bits per heavy atom. The fraction of sp³-hybridized carbons (Fsp3) is 0.500. The van der Waals surface area contributed by atoms with E-state index in [0.717, 1.165) is 6.33 Å². The van der Waals surface area contributed by atoms with Gasteiger partial charge in [-0.05, 0) is 43.9 Å². The van der Waals surface area contributed by atoms with Crippen molar-refractivity contribution in [2.24, 2.45) is 0 Å². The molecule has 3 aliphatic rings. The van der Waals surface area contributed by atoms with Gasteiger partial charge in [0, 0.05) is 24.9 Å². The van der Waals surface area contributed by atoms with Gasteiger partial charge in [-0.15, -0.1) is 0 Å². The maximum absolute atomic E-state index is 13.2. The van der Waals surface area contributed by atoms with E-state index in [-0.39, 0.29) is 46.4 Å². The normalized spacial score (nSPS) is 23.7. The predicted octanol–water partition coefficient (Wildman–Crippen LogP) is 3.84. The summed E-state index contributed by atoms with van der Waals surface area (Å²) in [5, 5.41) is 11.2. The van der Waals surface area contributed by atoms with Crippen molar-refractivity contribution < 1.29 is 38.9 Å². The molecular weight excluding hydrogens is 587 g/mol. The molecule has 2 saturated heterocycles. The van der Waals surface area contributed by atoms with Crippen molar-refractivity contribution in [1.82, 2.24) is 14.3 Å². The van der Waals surface area contributed by atoms with Crippen LogP contribution in [0.3, 0.4) is 0 Å². The van der Waals surface area contributed by atoms with Crippen LogP contribution in [0.5, 0.6) is 11.6 Å². The molecule has 1 aromatic heterocycles. The van der Waals surface area contributed by atoms with Crippen LogP contribution in [0, 0.1) is 11.3 Å². The van der Waals surface area contributed by atoms with Crippen LogP contribution in [0.25, 0.3) is 0 Å². The van der Waals surface area contributed by atoms with Crippen molar-refractivity contribution in [3.05, 3.63) is 35.1 Å². The highest BCUT2D eigenvalue weighted by Gasteiger charge is 2.53. The molecule has 1 saturated carbocycles. The molecule has 0 amide bonds. The zero-order valence-corrected chi connectivity index (χ0v) is 22.3. The summed E-state index contributed by atoms with van der Waals surface area (Å²) in [6.45, 7) is 0. The SMILES string of the molecule is N#Cc1ccc(Nc2ncnc(O[C@H]3CC4CC[C@@H](C3)N4S(=O)(=O)C3CC3)c2OS(=O)(=O)C(F)(F)F)c(Cl)c1. The third-order valence-corrected chi connectivity index (χ3v) is 10.5. The average Bonchev–Trinajstić information content (AvgIpc) is 3.67. The summed E-state index contributed by atoms with van der Waals surface area (Å²) in [5.41, 5.74) is -5.46. The molecule has 3 fully saturated rings. The number of nitrogens with one attached hydrogen (secondary N) is 1. The van der Waals surface area contributed by atoms with E-state index >= 15 is 0 Å². The standard InChI is InChI=1S/C22H21ClF3N5O6S2/c23-17-7-12(10-27)1-6-18(17)30-20-19(37-39(34,35)22(24,25)26)21(29-11-28-20)36-15-8-13-2-3-14(9-15)31(13)38(32,33)16-4-5-16/h1,6-7,11,13-16H,2-5,8-9H2,(H,28,29,30)/t13-,14?,15+/m0/s1. The number of hydrogen-bond donors (Lipinski definition) is 1. The first kappa shape index (κ1) is 27.7. The van der Waals surface area contributed by atoms with E-state index in [9.17, 15) is 30.0 Å². The first-order chi connectivity index (χ1) is 18.3. The lowest BCUT2D eigenvalue weighted by Gasteiger charge is -2.37. The Hall–Kier alpha value is -2.87. The molecule has 0 radical (unpaired) electrons. The predicted molar refractivity (Wildman–Crippen MR) is 131 cm³/mol. The van der Waals surface area contributed by atoms with E-state index in [2.05, 4.69) is 19.5 Å². The van der Waals surface area contributed by atoms with E-state index < -0.39 is 49.2 Å². The van der Waals surface area contributed by atoms with Crippen LogP contribution in [0.4, 0.5) is 24.7 Å². The van der Waals surface area contributed by atoms with Gasteiger partial charge in [0.1, 0.15) is 12.4 Å². The van der Waals surface area contributed by atoms with Crippen molar-refractivity contribution >= 4 is 43.2 Å². The van der Waals surface area contributed by atoms with Crippen LogP contribution >= 0.6 is 11.6 Å². The highest BCUT2D eigenvalue weighted by Crippen LogP contribution is 2.45. The van der Waals surface area contributed by atoms with Gasteiger partial charge in [0.05, 0.1) is 27.6 Å². The topological polar surface area (TPSA) is 152 Å². The second-order valence-corrected chi connectivity index (χ2v) is 13.5. The van der Waals surface area contributed by atoms with E-state index in [4.69, 9.17) is 21.6 Å². The number of hydrogen-bond acceptors (Lipinski definition) is 10. The van der Waals surface area contributed by atoms with Crippen LogP contribution in [-0.2, 0) is 20.1 Å². The lowest BCUT2D eigenvalue weighted by molar-refractivity contribution is -0.0501. The van der Waals surface area contributed by atoms with E-state index in [1.54, 1.807) is 0 Å². The number of rotatable bonds is 8. The Bertz CT molecular complexity index is 1530. The third kappa shape index (κ3) is 5.45. The Kier molecular flexibility index (Phi) is 7.06. The van der Waals surface area contributed by atoms with Crippen molar-refractivity contribution in [2.45, 2.75) is 67.5 Å². The van der Waals surface area contributed by atoms with Crippen molar-refractivity contribution in [3.63, 3.8) is 0 Å². The monoisotopic (exact) mass is 607 g/mol. The molecule has 0 spiro atoms. The molecule has 17 heteroatoms. The quantitative estimate of drug-likeness (QED) is 0.346. The summed E-state index contributed by atoms with van der Waals surface area (Å²) in [7, 11) is -9.59. The van der Waals surface area contributed by atoms with Gasteiger partial charge < -0.3 is 14.2 Å². The molecule has 5 rings (SSSR count). The fourth-order valence-corrected chi connectivity index (χ4v) is 7.85. The fourth-order valence-electron chi connectivity index (χ4n) is 4.87. The molecule has 1 N–H and O–H groups in total. The third-order valence-electron chi connectivity index (χ3n) is 6.74. The van der Waals surface area contributed by atoms with E-state index in [0.29, 0.717) is 25.7 Å². The molecule has 1 unspecified atom stereocenters. The lowest BCUT2D eigenvalue weighted by atomic mass is 10.0. The van der Waals surface area contributed by atoms with Gasteiger partial charge in [-0.25, -0.2) is 13.4 Å². The minimum atomic E-state index is -6.15. The van der Waals surface area contributed by atoms with Crippen LogP contribution in [-0.4, -0.2) is 60.1 Å². The number of sulfonamides is 1. The van der Waals surface area contributed by atoms with Crippen LogP contribution in [0.1, 0.15) is 44.1 Å². The summed E-state index contributed by atoms with van der Waals surface area (Å²) in [4.78, 5) is 7.65. The number of ether oxygens (including phenoxy) is 1. The first-order valence-electron chi connectivity index (χ1n) is 11.8. The minimum Gasteiger partial charge on any atom is -0.471 e.